The minimum atomic E-state index is 0.305. The van der Waals surface area contributed by atoms with Crippen LogP contribution in [0.1, 0.15) is 68.9 Å². The summed E-state index contributed by atoms with van der Waals surface area (Å²) in [5, 5.41) is 10.1. The highest BCUT2D eigenvalue weighted by molar-refractivity contribution is 5.49. The van der Waals surface area contributed by atoms with Gasteiger partial charge in [-0.25, -0.2) is 0 Å². The summed E-state index contributed by atoms with van der Waals surface area (Å²) in [6, 6.07) is 4.09. The van der Waals surface area contributed by atoms with Crippen molar-refractivity contribution in [1.82, 2.24) is 0 Å². The molecule has 22 heavy (non-hydrogen) atoms. The zero-order chi connectivity index (χ0) is 15.3. The standard InChI is InChI=1S/C20H28O2/c1-3-20-9-4-5-17(20)15-7-6-13-11-18(21)19(22-2)12-16(13)14(15)8-10-20/h11-12,14-15,17,21H,3-10H2,1-2H3/t14-,15+,17-,20-/m0/s1. The van der Waals surface area contributed by atoms with Crippen molar-refractivity contribution in [2.24, 2.45) is 17.3 Å². The van der Waals surface area contributed by atoms with E-state index in [1.807, 2.05) is 6.07 Å². The monoisotopic (exact) mass is 300 g/mol. The molecule has 0 saturated heterocycles. The zero-order valence-electron chi connectivity index (χ0n) is 13.9. The number of methoxy groups -OCH3 is 1. The number of benzene rings is 1. The summed E-state index contributed by atoms with van der Waals surface area (Å²) < 4.78 is 5.37. The smallest absolute Gasteiger partial charge is 0.160 e. The van der Waals surface area contributed by atoms with Gasteiger partial charge in [-0.2, -0.15) is 0 Å². The number of aryl methyl sites for hydroxylation is 1. The number of phenols is 1. The third-order valence-corrected chi connectivity index (χ3v) is 7.25. The number of fused-ring (bicyclic) bond motifs is 5. The van der Waals surface area contributed by atoms with E-state index >= 15 is 0 Å². The van der Waals surface area contributed by atoms with Crippen LogP contribution in [0.3, 0.4) is 0 Å². The minimum Gasteiger partial charge on any atom is -0.504 e. The summed E-state index contributed by atoms with van der Waals surface area (Å²) in [5.74, 6) is 3.45. The van der Waals surface area contributed by atoms with Gasteiger partial charge >= 0.3 is 0 Å². The molecule has 120 valence electrons. The van der Waals surface area contributed by atoms with Crippen LogP contribution in [0.25, 0.3) is 0 Å². The summed E-state index contributed by atoms with van der Waals surface area (Å²) in [7, 11) is 1.65. The lowest BCUT2D eigenvalue weighted by Crippen LogP contribution is -2.40. The SMILES string of the molecule is CC[C@@]12CCC[C@H]1[C@@H]1CCc3cc(O)c(OC)cc3[C@H]1CC2. The van der Waals surface area contributed by atoms with Crippen LogP contribution in [-0.4, -0.2) is 12.2 Å². The van der Waals surface area contributed by atoms with E-state index in [-0.39, 0.29) is 0 Å². The Morgan fingerprint density at radius 2 is 2.09 bits per heavy atom. The van der Waals surface area contributed by atoms with Crippen LogP contribution in [0.15, 0.2) is 12.1 Å². The van der Waals surface area contributed by atoms with E-state index in [1.54, 1.807) is 7.11 Å². The second-order valence-electron chi connectivity index (χ2n) is 7.79. The lowest BCUT2D eigenvalue weighted by molar-refractivity contribution is 0.0408. The van der Waals surface area contributed by atoms with Crippen LogP contribution in [0.2, 0.25) is 0 Å². The molecule has 0 radical (unpaired) electrons. The lowest BCUT2D eigenvalue weighted by atomic mass is 9.54. The lowest BCUT2D eigenvalue weighted by Gasteiger charge is -2.50. The second kappa shape index (κ2) is 5.18. The topological polar surface area (TPSA) is 29.5 Å². The Balaban J connectivity index is 1.72. The van der Waals surface area contributed by atoms with Gasteiger partial charge in [0.2, 0.25) is 0 Å². The van der Waals surface area contributed by atoms with Crippen LogP contribution in [0.4, 0.5) is 0 Å². The predicted molar refractivity (Wildman–Crippen MR) is 88.5 cm³/mol. The van der Waals surface area contributed by atoms with Crippen molar-refractivity contribution in [1.29, 1.82) is 0 Å². The van der Waals surface area contributed by atoms with Crippen LogP contribution < -0.4 is 4.74 Å². The Labute approximate surface area is 133 Å². The van der Waals surface area contributed by atoms with Crippen LogP contribution in [-0.2, 0) is 6.42 Å². The van der Waals surface area contributed by atoms with E-state index in [4.69, 9.17) is 4.74 Å². The summed E-state index contributed by atoms with van der Waals surface area (Å²) in [4.78, 5) is 0. The Morgan fingerprint density at radius 3 is 2.86 bits per heavy atom. The fourth-order valence-corrected chi connectivity index (χ4v) is 6.16. The van der Waals surface area contributed by atoms with Gasteiger partial charge in [0.1, 0.15) is 0 Å². The Bertz CT molecular complexity index is 579. The number of ether oxygens (including phenoxy) is 1. The molecule has 4 rings (SSSR count). The second-order valence-corrected chi connectivity index (χ2v) is 7.79. The first-order valence-corrected chi connectivity index (χ1v) is 9.08. The van der Waals surface area contributed by atoms with Gasteiger partial charge in [-0.3, -0.25) is 0 Å². The molecule has 3 aliphatic rings. The largest absolute Gasteiger partial charge is 0.504 e. The first-order chi connectivity index (χ1) is 10.7. The normalized spacial score (nSPS) is 36.4. The molecule has 0 unspecified atom stereocenters. The van der Waals surface area contributed by atoms with E-state index < -0.39 is 0 Å². The summed E-state index contributed by atoms with van der Waals surface area (Å²) >= 11 is 0. The summed E-state index contributed by atoms with van der Waals surface area (Å²) in [6.07, 6.45) is 10.9. The molecule has 1 aromatic rings. The predicted octanol–water partition coefficient (Wildman–Crippen LogP) is 5.04. The summed E-state index contributed by atoms with van der Waals surface area (Å²) in [5.41, 5.74) is 3.49. The fraction of sp³-hybridized carbons (Fsp3) is 0.700. The van der Waals surface area contributed by atoms with Gasteiger partial charge < -0.3 is 9.84 Å². The van der Waals surface area contributed by atoms with E-state index in [1.165, 1.54) is 56.1 Å². The number of rotatable bonds is 2. The molecular weight excluding hydrogens is 272 g/mol. The van der Waals surface area contributed by atoms with Crippen molar-refractivity contribution in [2.45, 2.75) is 64.2 Å². The molecule has 4 atom stereocenters. The van der Waals surface area contributed by atoms with E-state index in [0.29, 0.717) is 22.8 Å². The molecule has 2 heteroatoms. The fourth-order valence-electron chi connectivity index (χ4n) is 6.16. The highest BCUT2D eigenvalue weighted by Crippen LogP contribution is 2.62. The van der Waals surface area contributed by atoms with Crippen LogP contribution in [0, 0.1) is 17.3 Å². The van der Waals surface area contributed by atoms with E-state index in [9.17, 15) is 5.11 Å². The number of phenolic OH excluding ortho intramolecular Hbond substituents is 1. The van der Waals surface area contributed by atoms with Crippen LogP contribution >= 0.6 is 0 Å². The molecule has 0 aromatic heterocycles. The third kappa shape index (κ3) is 1.92. The van der Waals surface area contributed by atoms with Crippen molar-refractivity contribution in [2.75, 3.05) is 7.11 Å². The molecule has 2 saturated carbocycles. The molecule has 0 amide bonds. The molecule has 1 N–H and O–H groups in total. The molecule has 0 bridgehead atoms. The average molecular weight is 300 g/mol. The average Bonchev–Trinajstić information content (AvgIpc) is 2.98. The summed E-state index contributed by atoms with van der Waals surface area (Å²) in [6.45, 7) is 2.41. The molecule has 1 aromatic carbocycles. The van der Waals surface area contributed by atoms with Crippen molar-refractivity contribution in [3.63, 3.8) is 0 Å². The van der Waals surface area contributed by atoms with E-state index in [0.717, 1.165) is 18.3 Å². The zero-order valence-corrected chi connectivity index (χ0v) is 13.9. The highest BCUT2D eigenvalue weighted by Gasteiger charge is 2.51. The minimum absolute atomic E-state index is 0.305. The number of hydrogen-bond acceptors (Lipinski definition) is 2. The van der Waals surface area contributed by atoms with Gasteiger partial charge in [0.25, 0.3) is 0 Å². The molecule has 2 fully saturated rings. The van der Waals surface area contributed by atoms with Gasteiger partial charge in [-0.05, 0) is 85.0 Å². The van der Waals surface area contributed by atoms with Crippen molar-refractivity contribution in [3.8, 4) is 11.5 Å². The molecule has 3 aliphatic carbocycles. The third-order valence-electron chi connectivity index (χ3n) is 7.25. The van der Waals surface area contributed by atoms with Crippen LogP contribution in [0.5, 0.6) is 11.5 Å². The first-order valence-electron chi connectivity index (χ1n) is 9.08. The van der Waals surface area contributed by atoms with Gasteiger partial charge in [-0.15, -0.1) is 0 Å². The number of aromatic hydroxyl groups is 1. The Morgan fingerprint density at radius 1 is 1.23 bits per heavy atom. The van der Waals surface area contributed by atoms with Crippen molar-refractivity contribution < 1.29 is 9.84 Å². The maximum Gasteiger partial charge on any atom is 0.160 e. The highest BCUT2D eigenvalue weighted by atomic mass is 16.5. The quantitative estimate of drug-likeness (QED) is 0.829. The van der Waals surface area contributed by atoms with Gasteiger partial charge in [0.15, 0.2) is 11.5 Å². The molecule has 0 aliphatic heterocycles. The first kappa shape index (κ1) is 14.4. The van der Waals surface area contributed by atoms with Gasteiger partial charge in [-0.1, -0.05) is 19.8 Å². The molecule has 0 spiro atoms. The Kier molecular flexibility index (Phi) is 3.39. The maximum atomic E-state index is 10.1. The Hall–Kier alpha value is -1.18. The number of hydrogen-bond donors (Lipinski definition) is 1. The van der Waals surface area contributed by atoms with E-state index in [2.05, 4.69) is 13.0 Å². The van der Waals surface area contributed by atoms with Gasteiger partial charge in [0.05, 0.1) is 7.11 Å². The molecule has 0 heterocycles. The molecular formula is C20H28O2. The van der Waals surface area contributed by atoms with Crippen molar-refractivity contribution in [3.05, 3.63) is 23.3 Å². The van der Waals surface area contributed by atoms with Gasteiger partial charge in [0, 0.05) is 0 Å². The molecule has 2 nitrogen and oxygen atoms in total. The maximum absolute atomic E-state index is 10.1. The van der Waals surface area contributed by atoms with Crippen molar-refractivity contribution >= 4 is 0 Å².